The van der Waals surface area contributed by atoms with E-state index in [2.05, 4.69) is 121 Å². The summed E-state index contributed by atoms with van der Waals surface area (Å²) in [6.07, 6.45) is -0.280. The van der Waals surface area contributed by atoms with Gasteiger partial charge in [-0.05, 0) is 36.4 Å². The molecule has 0 saturated heterocycles. The van der Waals surface area contributed by atoms with Gasteiger partial charge < -0.3 is 10.1 Å². The Kier molecular flexibility index (Phi) is 6.18. The summed E-state index contributed by atoms with van der Waals surface area (Å²) in [6, 6.07) is 54.3. The van der Waals surface area contributed by atoms with Gasteiger partial charge in [-0.3, -0.25) is 0 Å². The van der Waals surface area contributed by atoms with Gasteiger partial charge in [0.2, 0.25) is 0 Å². The fourth-order valence-electron chi connectivity index (χ4n) is 7.06. The lowest BCUT2D eigenvalue weighted by atomic mass is 9.96. The van der Waals surface area contributed by atoms with E-state index in [1.807, 2.05) is 42.5 Å². The number of rotatable bonds is 4. The van der Waals surface area contributed by atoms with Gasteiger partial charge in [-0.1, -0.05) is 121 Å². The summed E-state index contributed by atoms with van der Waals surface area (Å²) in [6.45, 7) is 0. The SMILES string of the molecule is c1ccc(-c2ccc3ccc4ccc(-c5ccc6nc(-c7ccccc7)c7ccc8c(c7c6c5)NC(c5ccccc5)O8)nc4c3n2)cc1. The van der Waals surface area contributed by atoms with Crippen LogP contribution in [0.15, 0.2) is 158 Å². The number of fused-ring (bicyclic) bond motifs is 8. The summed E-state index contributed by atoms with van der Waals surface area (Å²) in [5.41, 5.74) is 10.7. The molecule has 1 unspecified atom stereocenters. The van der Waals surface area contributed by atoms with Crippen LogP contribution in [0, 0.1) is 0 Å². The molecule has 1 atom stereocenters. The van der Waals surface area contributed by atoms with Gasteiger partial charge in [0.25, 0.3) is 0 Å². The van der Waals surface area contributed by atoms with Gasteiger partial charge in [0.15, 0.2) is 6.23 Å². The molecule has 49 heavy (non-hydrogen) atoms. The number of pyridine rings is 3. The number of aromatic nitrogens is 3. The van der Waals surface area contributed by atoms with Gasteiger partial charge in [0, 0.05) is 49.2 Å². The summed E-state index contributed by atoms with van der Waals surface area (Å²) in [5, 5.41) is 9.02. The fourth-order valence-corrected chi connectivity index (χ4v) is 7.06. The molecule has 4 heterocycles. The molecule has 5 nitrogen and oxygen atoms in total. The van der Waals surface area contributed by atoms with Crippen LogP contribution in [-0.4, -0.2) is 15.0 Å². The second-order valence-electron chi connectivity index (χ2n) is 12.4. The molecule has 1 aliphatic heterocycles. The molecule has 3 aromatic heterocycles. The predicted octanol–water partition coefficient (Wildman–Crippen LogP) is 11.0. The zero-order valence-electron chi connectivity index (χ0n) is 26.3. The topological polar surface area (TPSA) is 59.9 Å². The van der Waals surface area contributed by atoms with E-state index in [0.29, 0.717) is 0 Å². The highest BCUT2D eigenvalue weighted by molar-refractivity contribution is 6.18. The van der Waals surface area contributed by atoms with Crippen molar-refractivity contribution in [3.8, 4) is 39.5 Å². The van der Waals surface area contributed by atoms with E-state index in [1.165, 1.54) is 0 Å². The van der Waals surface area contributed by atoms with E-state index in [1.54, 1.807) is 0 Å². The van der Waals surface area contributed by atoms with E-state index in [-0.39, 0.29) is 6.23 Å². The molecule has 0 saturated carbocycles. The molecule has 5 heteroatoms. The van der Waals surface area contributed by atoms with Crippen LogP contribution in [-0.2, 0) is 0 Å². The van der Waals surface area contributed by atoms with Crippen molar-refractivity contribution >= 4 is 49.2 Å². The molecule has 1 N–H and O–H groups in total. The summed E-state index contributed by atoms with van der Waals surface area (Å²) < 4.78 is 6.49. The maximum absolute atomic E-state index is 6.49. The molecule has 0 spiro atoms. The van der Waals surface area contributed by atoms with Crippen molar-refractivity contribution in [2.75, 3.05) is 5.32 Å². The number of nitrogens with one attached hydrogen (secondary N) is 1. The minimum Gasteiger partial charge on any atom is -0.464 e. The first-order valence-electron chi connectivity index (χ1n) is 16.5. The molecule has 0 aliphatic carbocycles. The highest BCUT2D eigenvalue weighted by Gasteiger charge is 2.27. The number of hydrogen-bond acceptors (Lipinski definition) is 5. The lowest BCUT2D eigenvalue weighted by molar-refractivity contribution is 0.260. The predicted molar refractivity (Wildman–Crippen MR) is 200 cm³/mol. The Morgan fingerprint density at radius 1 is 0.490 bits per heavy atom. The van der Waals surface area contributed by atoms with Gasteiger partial charge in [0.05, 0.1) is 39.3 Å². The quantitative estimate of drug-likeness (QED) is 0.197. The molecule has 0 radical (unpaired) electrons. The molecular weight excluding hydrogens is 601 g/mol. The van der Waals surface area contributed by atoms with Crippen LogP contribution in [0.25, 0.3) is 77.3 Å². The standard InChI is InChI=1S/C44H28N4O/c1-4-10-27(11-5-1)35-22-18-29-16-17-30-19-23-36(46-42(30)41(29)45-35)32-20-24-37-34(26-32)39-33(40(47-37)28-12-6-2-7-13-28)21-25-38-43(39)48-44(49-38)31-14-8-3-9-15-31/h1-26,44,48H. The van der Waals surface area contributed by atoms with Crippen LogP contribution in [0.1, 0.15) is 11.8 Å². The third-order valence-electron chi connectivity index (χ3n) is 9.48. The third kappa shape index (κ3) is 4.59. The average Bonchev–Trinajstić information content (AvgIpc) is 3.63. The number of ether oxygens (including phenoxy) is 1. The number of nitrogens with zero attached hydrogens (tertiary/aromatic N) is 3. The zero-order chi connectivity index (χ0) is 32.3. The minimum absolute atomic E-state index is 0.280. The second-order valence-corrected chi connectivity index (χ2v) is 12.4. The Hall–Kier alpha value is -6.59. The lowest BCUT2D eigenvalue weighted by Crippen LogP contribution is -2.09. The van der Waals surface area contributed by atoms with Gasteiger partial charge in [-0.15, -0.1) is 0 Å². The Labute approximate surface area is 282 Å². The summed E-state index contributed by atoms with van der Waals surface area (Å²) in [5.74, 6) is 0.828. The van der Waals surface area contributed by atoms with Crippen LogP contribution < -0.4 is 10.1 Å². The summed E-state index contributed by atoms with van der Waals surface area (Å²) in [4.78, 5) is 15.6. The van der Waals surface area contributed by atoms with Crippen molar-refractivity contribution < 1.29 is 4.74 Å². The first kappa shape index (κ1) is 27.5. The van der Waals surface area contributed by atoms with Crippen molar-refractivity contribution in [2.45, 2.75) is 6.23 Å². The first-order valence-corrected chi connectivity index (χ1v) is 16.5. The number of anilines is 1. The van der Waals surface area contributed by atoms with Crippen molar-refractivity contribution in [1.82, 2.24) is 15.0 Å². The third-order valence-corrected chi connectivity index (χ3v) is 9.48. The second kappa shape index (κ2) is 11.0. The molecule has 0 bridgehead atoms. The Morgan fingerprint density at radius 3 is 1.80 bits per heavy atom. The van der Waals surface area contributed by atoms with Crippen LogP contribution in [0.3, 0.4) is 0 Å². The highest BCUT2D eigenvalue weighted by atomic mass is 16.5. The van der Waals surface area contributed by atoms with Gasteiger partial charge in [-0.25, -0.2) is 15.0 Å². The first-order chi connectivity index (χ1) is 24.3. The van der Waals surface area contributed by atoms with Crippen LogP contribution in [0.4, 0.5) is 5.69 Å². The summed E-state index contributed by atoms with van der Waals surface area (Å²) in [7, 11) is 0. The largest absolute Gasteiger partial charge is 0.464 e. The van der Waals surface area contributed by atoms with Crippen molar-refractivity contribution in [3.05, 3.63) is 163 Å². The van der Waals surface area contributed by atoms with Crippen molar-refractivity contribution in [2.24, 2.45) is 0 Å². The van der Waals surface area contributed by atoms with Crippen LogP contribution in [0.2, 0.25) is 0 Å². The Bertz CT molecular complexity index is 2710. The van der Waals surface area contributed by atoms with Crippen LogP contribution in [0.5, 0.6) is 5.75 Å². The molecule has 0 amide bonds. The molecule has 9 aromatic rings. The Morgan fingerprint density at radius 2 is 1.10 bits per heavy atom. The van der Waals surface area contributed by atoms with Crippen molar-refractivity contribution in [1.29, 1.82) is 0 Å². The maximum atomic E-state index is 6.49. The van der Waals surface area contributed by atoms with Gasteiger partial charge in [0.1, 0.15) is 5.75 Å². The molecule has 6 aromatic carbocycles. The Balaban J connectivity index is 1.18. The van der Waals surface area contributed by atoms with E-state index >= 15 is 0 Å². The van der Waals surface area contributed by atoms with Gasteiger partial charge >= 0.3 is 0 Å². The normalized spacial score (nSPS) is 13.8. The monoisotopic (exact) mass is 628 g/mol. The average molecular weight is 629 g/mol. The molecule has 230 valence electrons. The fraction of sp³-hybridized carbons (Fsp3) is 0.0227. The molecular formula is C44H28N4O. The van der Waals surface area contributed by atoms with Crippen molar-refractivity contribution in [3.63, 3.8) is 0 Å². The van der Waals surface area contributed by atoms with E-state index in [4.69, 9.17) is 19.7 Å². The zero-order valence-corrected chi connectivity index (χ0v) is 26.3. The van der Waals surface area contributed by atoms with E-state index < -0.39 is 0 Å². The highest BCUT2D eigenvalue weighted by Crippen LogP contribution is 2.47. The lowest BCUT2D eigenvalue weighted by Gasteiger charge is -2.14. The maximum Gasteiger partial charge on any atom is 0.196 e. The molecule has 10 rings (SSSR count). The summed E-state index contributed by atoms with van der Waals surface area (Å²) >= 11 is 0. The van der Waals surface area contributed by atoms with Gasteiger partial charge in [-0.2, -0.15) is 0 Å². The minimum atomic E-state index is -0.280. The number of benzene rings is 6. The van der Waals surface area contributed by atoms with E-state index in [9.17, 15) is 0 Å². The van der Waals surface area contributed by atoms with Crippen LogP contribution >= 0.6 is 0 Å². The van der Waals surface area contributed by atoms with E-state index in [0.717, 1.165) is 94.3 Å². The smallest absolute Gasteiger partial charge is 0.196 e. The number of hydrogen-bond donors (Lipinski definition) is 1. The molecule has 1 aliphatic rings. The molecule has 0 fully saturated rings.